The molecule has 0 bridgehead atoms. The van der Waals surface area contributed by atoms with E-state index in [4.69, 9.17) is 18.6 Å². The second-order valence-electron chi connectivity index (χ2n) is 8.69. The summed E-state index contributed by atoms with van der Waals surface area (Å²) in [5.74, 6) is 1.08. The fourth-order valence-electron chi connectivity index (χ4n) is 4.26. The molecule has 1 amide bonds. The maximum atomic E-state index is 13.3. The highest BCUT2D eigenvalue weighted by molar-refractivity contribution is 7.89. The van der Waals surface area contributed by atoms with Gasteiger partial charge < -0.3 is 23.9 Å². The summed E-state index contributed by atoms with van der Waals surface area (Å²) in [6.07, 6.45) is 0. The Morgan fingerprint density at radius 1 is 1.00 bits per heavy atom. The van der Waals surface area contributed by atoms with Crippen molar-refractivity contribution in [2.75, 3.05) is 38.2 Å². The summed E-state index contributed by atoms with van der Waals surface area (Å²) in [5.41, 5.74) is 1.46. The number of aryl methyl sites for hydroxylation is 1. The van der Waals surface area contributed by atoms with Crippen molar-refractivity contribution in [3.63, 3.8) is 0 Å². The normalized spacial score (nSPS) is 14.4. The number of ether oxygens (including phenoxy) is 3. The summed E-state index contributed by atoms with van der Waals surface area (Å²) < 4.78 is 50.7. The van der Waals surface area contributed by atoms with Crippen LogP contribution in [0.15, 0.2) is 76.0 Å². The molecule has 0 spiro atoms. The lowest BCUT2D eigenvalue weighted by Gasteiger charge is -2.26. The van der Waals surface area contributed by atoms with E-state index in [0.717, 1.165) is 5.39 Å². The van der Waals surface area contributed by atoms with E-state index in [9.17, 15) is 13.2 Å². The lowest BCUT2D eigenvalue weighted by molar-refractivity contribution is 0.0730. The van der Waals surface area contributed by atoms with Crippen LogP contribution in [0.3, 0.4) is 0 Å². The number of sulfonamides is 1. The number of fused-ring (bicyclic) bond motifs is 1. The molecule has 0 atom stereocenters. The van der Waals surface area contributed by atoms with Crippen LogP contribution in [0.2, 0.25) is 0 Å². The van der Waals surface area contributed by atoms with E-state index in [1.54, 1.807) is 37.3 Å². The van der Waals surface area contributed by atoms with Crippen LogP contribution in [0.4, 0.5) is 5.69 Å². The highest BCUT2D eigenvalue weighted by atomic mass is 32.2. The maximum absolute atomic E-state index is 13.3. The van der Waals surface area contributed by atoms with Gasteiger partial charge in [0.2, 0.25) is 10.0 Å². The molecule has 0 radical (unpaired) electrons. The standard InChI is InChI=1S/C28H28N2O7S/c1-3-35-20-8-10-21(11-9-20)36-26-13-12-22(38(32,33)30-14-16-34-17-15-30)18-24(26)29-28(31)27-19(2)23-6-4-5-7-25(23)37-27/h4-13,18H,3,14-17H2,1-2H3,(H,29,31). The third-order valence-electron chi connectivity index (χ3n) is 6.22. The van der Waals surface area contributed by atoms with Gasteiger partial charge in [0.1, 0.15) is 17.1 Å². The Labute approximate surface area is 221 Å². The number of anilines is 1. The zero-order valence-corrected chi connectivity index (χ0v) is 21.9. The number of nitrogens with one attached hydrogen (secondary N) is 1. The Morgan fingerprint density at radius 3 is 2.42 bits per heavy atom. The fraction of sp³-hybridized carbons (Fsp3) is 0.250. The van der Waals surface area contributed by atoms with Gasteiger partial charge in [-0.15, -0.1) is 0 Å². The molecule has 198 valence electrons. The van der Waals surface area contributed by atoms with Gasteiger partial charge >= 0.3 is 0 Å². The van der Waals surface area contributed by atoms with Crippen LogP contribution in [-0.4, -0.2) is 51.5 Å². The number of nitrogens with zero attached hydrogens (tertiary/aromatic N) is 1. The van der Waals surface area contributed by atoms with E-state index in [-0.39, 0.29) is 35.2 Å². The van der Waals surface area contributed by atoms with Crippen molar-refractivity contribution in [2.45, 2.75) is 18.7 Å². The van der Waals surface area contributed by atoms with Crippen molar-refractivity contribution >= 4 is 32.6 Å². The average molecular weight is 537 g/mol. The van der Waals surface area contributed by atoms with Crippen molar-refractivity contribution in [3.05, 3.63) is 78.1 Å². The quantitative estimate of drug-likeness (QED) is 0.330. The SMILES string of the molecule is CCOc1ccc(Oc2ccc(S(=O)(=O)N3CCOCC3)cc2NC(=O)c2oc3ccccc3c2C)cc1. The first-order chi connectivity index (χ1) is 18.4. The van der Waals surface area contributed by atoms with Gasteiger partial charge in [-0.05, 0) is 62.4 Å². The second-order valence-corrected chi connectivity index (χ2v) is 10.6. The van der Waals surface area contributed by atoms with Gasteiger partial charge in [-0.3, -0.25) is 4.79 Å². The van der Waals surface area contributed by atoms with Crippen LogP contribution in [0, 0.1) is 6.92 Å². The first-order valence-electron chi connectivity index (χ1n) is 12.3. The molecule has 4 aromatic rings. The van der Waals surface area contributed by atoms with Crippen LogP contribution < -0.4 is 14.8 Å². The molecule has 3 aromatic carbocycles. The molecule has 0 saturated carbocycles. The molecule has 9 nitrogen and oxygen atoms in total. The Kier molecular flexibility index (Phi) is 7.37. The summed E-state index contributed by atoms with van der Waals surface area (Å²) in [4.78, 5) is 13.4. The molecule has 1 aliphatic heterocycles. The van der Waals surface area contributed by atoms with E-state index in [1.165, 1.54) is 22.5 Å². The van der Waals surface area contributed by atoms with Crippen molar-refractivity contribution in [2.24, 2.45) is 0 Å². The summed E-state index contributed by atoms with van der Waals surface area (Å²) in [6.45, 7) is 5.41. The first-order valence-corrected chi connectivity index (χ1v) is 13.7. The van der Waals surface area contributed by atoms with E-state index in [1.807, 2.05) is 25.1 Å². The second kappa shape index (κ2) is 10.9. The molecule has 10 heteroatoms. The van der Waals surface area contributed by atoms with Gasteiger partial charge in [0.15, 0.2) is 11.5 Å². The first kappa shape index (κ1) is 25.8. The summed E-state index contributed by atoms with van der Waals surface area (Å²) in [6, 6.07) is 18.8. The third-order valence-corrected chi connectivity index (χ3v) is 8.11. The van der Waals surface area contributed by atoms with Gasteiger partial charge in [0, 0.05) is 24.0 Å². The summed E-state index contributed by atoms with van der Waals surface area (Å²) in [5, 5.41) is 3.63. The Balaban J connectivity index is 1.50. The number of hydrogen-bond donors (Lipinski definition) is 1. The van der Waals surface area contributed by atoms with Crippen molar-refractivity contribution in [3.8, 4) is 17.2 Å². The minimum absolute atomic E-state index is 0.0371. The third kappa shape index (κ3) is 5.24. The van der Waals surface area contributed by atoms with Crippen LogP contribution in [0.5, 0.6) is 17.2 Å². The lowest BCUT2D eigenvalue weighted by atomic mass is 10.1. The smallest absolute Gasteiger partial charge is 0.291 e. The van der Waals surface area contributed by atoms with E-state index < -0.39 is 15.9 Å². The minimum atomic E-state index is -3.81. The Hall–Kier alpha value is -3.86. The Bertz CT molecular complexity index is 1560. The topological polar surface area (TPSA) is 107 Å². The van der Waals surface area contributed by atoms with Gasteiger partial charge in [-0.25, -0.2) is 8.42 Å². The van der Waals surface area contributed by atoms with Crippen molar-refractivity contribution < 1.29 is 31.8 Å². The van der Waals surface area contributed by atoms with Crippen LogP contribution in [-0.2, 0) is 14.8 Å². The minimum Gasteiger partial charge on any atom is -0.494 e. The molecule has 1 fully saturated rings. The molecule has 1 N–H and O–H groups in total. The van der Waals surface area contributed by atoms with Crippen LogP contribution >= 0.6 is 0 Å². The highest BCUT2D eigenvalue weighted by Crippen LogP contribution is 2.35. The zero-order chi connectivity index (χ0) is 26.7. The number of morpholine rings is 1. The highest BCUT2D eigenvalue weighted by Gasteiger charge is 2.28. The predicted octanol–water partition coefficient (Wildman–Crippen LogP) is 5.21. The molecule has 2 heterocycles. The molecule has 5 rings (SSSR count). The van der Waals surface area contributed by atoms with Gasteiger partial charge in [-0.2, -0.15) is 4.31 Å². The molecular weight excluding hydrogens is 508 g/mol. The number of hydrogen-bond acceptors (Lipinski definition) is 7. The predicted molar refractivity (Wildman–Crippen MR) is 143 cm³/mol. The van der Waals surface area contributed by atoms with E-state index in [2.05, 4.69) is 5.32 Å². The van der Waals surface area contributed by atoms with Crippen molar-refractivity contribution in [1.29, 1.82) is 0 Å². The van der Waals surface area contributed by atoms with Crippen LogP contribution in [0.1, 0.15) is 23.0 Å². The average Bonchev–Trinajstić information content (AvgIpc) is 3.28. The molecular formula is C28H28N2O7S. The van der Waals surface area contributed by atoms with Crippen molar-refractivity contribution in [1.82, 2.24) is 4.31 Å². The number of amides is 1. The molecule has 0 aliphatic carbocycles. The van der Waals surface area contributed by atoms with Crippen LogP contribution in [0.25, 0.3) is 11.0 Å². The molecule has 1 saturated heterocycles. The largest absolute Gasteiger partial charge is 0.494 e. The Morgan fingerprint density at radius 2 is 1.71 bits per heavy atom. The van der Waals surface area contributed by atoms with Gasteiger partial charge in [0.05, 0.1) is 30.4 Å². The molecule has 1 aliphatic rings. The molecule has 1 aromatic heterocycles. The van der Waals surface area contributed by atoms with E-state index >= 15 is 0 Å². The van der Waals surface area contributed by atoms with Gasteiger partial charge in [0.25, 0.3) is 5.91 Å². The summed E-state index contributed by atoms with van der Waals surface area (Å²) >= 11 is 0. The number of furan rings is 1. The van der Waals surface area contributed by atoms with Gasteiger partial charge in [-0.1, -0.05) is 18.2 Å². The number of benzene rings is 3. The summed E-state index contributed by atoms with van der Waals surface area (Å²) in [7, 11) is -3.81. The van der Waals surface area contributed by atoms with E-state index in [0.29, 0.717) is 42.5 Å². The number of rotatable bonds is 8. The zero-order valence-electron chi connectivity index (χ0n) is 21.1. The number of para-hydroxylation sites is 1. The fourth-order valence-corrected chi connectivity index (χ4v) is 5.69. The molecule has 0 unspecified atom stereocenters. The lowest BCUT2D eigenvalue weighted by Crippen LogP contribution is -2.40. The number of carbonyl (C=O) groups is 1. The monoisotopic (exact) mass is 536 g/mol. The maximum Gasteiger partial charge on any atom is 0.291 e. The molecule has 38 heavy (non-hydrogen) atoms. The number of carbonyl (C=O) groups excluding carboxylic acids is 1.